The van der Waals surface area contributed by atoms with Crippen molar-refractivity contribution in [3.63, 3.8) is 0 Å². The number of para-hydroxylation sites is 1. The largest absolute Gasteiger partial charge is 0.352 e. The Labute approximate surface area is 154 Å². The van der Waals surface area contributed by atoms with Crippen LogP contribution in [0.1, 0.15) is 16.2 Å². The highest BCUT2D eigenvalue weighted by molar-refractivity contribution is 5.92. The maximum absolute atomic E-state index is 14.0. The van der Waals surface area contributed by atoms with E-state index in [4.69, 9.17) is 0 Å². The van der Waals surface area contributed by atoms with Crippen LogP contribution in [0.4, 0.5) is 10.3 Å². The summed E-state index contributed by atoms with van der Waals surface area (Å²) in [5.74, 6) is -0.710. The summed E-state index contributed by atoms with van der Waals surface area (Å²) >= 11 is 0. The van der Waals surface area contributed by atoms with Crippen molar-refractivity contribution >= 4 is 11.9 Å². The Morgan fingerprint density at radius 1 is 1.15 bits per heavy atom. The number of carbonyl (C=O) groups excluding carboxylic acids is 1. The van der Waals surface area contributed by atoms with Gasteiger partial charge in [-0.1, -0.05) is 12.1 Å². The summed E-state index contributed by atoms with van der Waals surface area (Å²) in [5, 5.41) is 9.57. The van der Waals surface area contributed by atoms with Gasteiger partial charge < -0.3 is 10.6 Å². The summed E-state index contributed by atoms with van der Waals surface area (Å²) < 4.78 is 15.3. The lowest BCUT2D eigenvalue weighted by molar-refractivity contribution is 0.0947. The number of aromatic nitrogens is 4. The minimum absolute atomic E-state index is 0.159. The molecule has 0 atom stereocenters. The molecule has 1 amide bonds. The summed E-state index contributed by atoms with van der Waals surface area (Å²) in [6.07, 6.45) is 3.19. The average molecular weight is 368 g/mol. The molecule has 0 bridgehead atoms. The molecule has 0 saturated carbocycles. The smallest absolute Gasteiger partial charge is 0.275 e. The van der Waals surface area contributed by atoms with Crippen LogP contribution in [-0.2, 0) is 0 Å². The Morgan fingerprint density at radius 2 is 1.89 bits per heavy atom. The predicted octanol–water partition coefficient (Wildman–Crippen LogP) is 1.31. The molecule has 0 spiro atoms. The molecular weight excluding hydrogens is 351 g/mol. The third kappa shape index (κ3) is 4.32. The highest BCUT2D eigenvalue weighted by Crippen LogP contribution is 2.13. The minimum atomic E-state index is -0.638. The fraction of sp³-hybridized carbons (Fsp3) is 0.167. The van der Waals surface area contributed by atoms with Gasteiger partial charge >= 0.3 is 0 Å². The highest BCUT2D eigenvalue weighted by atomic mass is 19.1. The zero-order chi connectivity index (χ0) is 19.2. The van der Waals surface area contributed by atoms with Gasteiger partial charge in [0, 0.05) is 37.2 Å². The first-order valence-corrected chi connectivity index (χ1v) is 8.21. The van der Waals surface area contributed by atoms with Crippen molar-refractivity contribution in [1.82, 2.24) is 25.1 Å². The molecule has 0 fully saturated rings. The van der Waals surface area contributed by atoms with E-state index in [1.54, 1.807) is 37.5 Å². The van der Waals surface area contributed by atoms with Gasteiger partial charge in [-0.3, -0.25) is 9.59 Å². The number of carbonyl (C=O) groups is 1. The van der Waals surface area contributed by atoms with Crippen LogP contribution in [0.2, 0.25) is 0 Å². The molecular formula is C18H17FN6O2. The summed E-state index contributed by atoms with van der Waals surface area (Å²) in [4.78, 5) is 32.4. The van der Waals surface area contributed by atoms with Gasteiger partial charge in [-0.25, -0.2) is 19.0 Å². The van der Waals surface area contributed by atoms with E-state index >= 15 is 0 Å². The van der Waals surface area contributed by atoms with Gasteiger partial charge in [0.2, 0.25) is 11.4 Å². The molecule has 138 valence electrons. The second-order valence-electron chi connectivity index (χ2n) is 5.62. The molecule has 9 heteroatoms. The van der Waals surface area contributed by atoms with Crippen molar-refractivity contribution < 1.29 is 9.18 Å². The predicted molar refractivity (Wildman–Crippen MR) is 97.4 cm³/mol. The van der Waals surface area contributed by atoms with Crippen molar-refractivity contribution in [2.24, 2.45) is 0 Å². The Hall–Kier alpha value is -3.62. The summed E-state index contributed by atoms with van der Waals surface area (Å²) in [5.41, 5.74) is -0.256. The van der Waals surface area contributed by atoms with Crippen LogP contribution in [0.25, 0.3) is 5.69 Å². The molecule has 0 unspecified atom stereocenters. The van der Waals surface area contributed by atoms with E-state index in [2.05, 4.69) is 25.7 Å². The third-order valence-corrected chi connectivity index (χ3v) is 3.66. The lowest BCUT2D eigenvalue weighted by Crippen LogP contribution is -2.34. The maximum atomic E-state index is 14.0. The first-order chi connectivity index (χ1) is 13.1. The van der Waals surface area contributed by atoms with Gasteiger partial charge in [-0.2, -0.15) is 5.10 Å². The van der Waals surface area contributed by atoms with Crippen LogP contribution in [0, 0.1) is 12.7 Å². The van der Waals surface area contributed by atoms with Crippen LogP contribution in [0.5, 0.6) is 0 Å². The Balaban J connectivity index is 1.72. The molecule has 27 heavy (non-hydrogen) atoms. The molecule has 2 aromatic heterocycles. The fourth-order valence-electron chi connectivity index (χ4n) is 2.40. The number of hydrogen-bond donors (Lipinski definition) is 2. The highest BCUT2D eigenvalue weighted by Gasteiger charge is 2.16. The molecule has 8 nitrogen and oxygen atoms in total. The Bertz CT molecular complexity index is 1010. The Kier molecular flexibility index (Phi) is 5.50. The number of amides is 1. The third-order valence-electron chi connectivity index (χ3n) is 3.66. The number of nitrogens with one attached hydrogen (secondary N) is 2. The number of aryl methyl sites for hydroxylation is 1. The van der Waals surface area contributed by atoms with Gasteiger partial charge in [0.25, 0.3) is 5.91 Å². The summed E-state index contributed by atoms with van der Waals surface area (Å²) in [7, 11) is 0. The monoisotopic (exact) mass is 368 g/mol. The Morgan fingerprint density at radius 3 is 2.63 bits per heavy atom. The number of nitrogens with zero attached hydrogens (tertiary/aromatic N) is 4. The van der Waals surface area contributed by atoms with E-state index in [0.29, 0.717) is 18.2 Å². The molecule has 3 aromatic rings. The van der Waals surface area contributed by atoms with Crippen molar-refractivity contribution in [1.29, 1.82) is 0 Å². The molecule has 0 radical (unpaired) electrons. The van der Waals surface area contributed by atoms with Gasteiger partial charge in [0.15, 0.2) is 5.69 Å². The zero-order valence-electron chi connectivity index (χ0n) is 14.5. The van der Waals surface area contributed by atoms with Crippen molar-refractivity contribution in [3.05, 3.63) is 76.2 Å². The van der Waals surface area contributed by atoms with E-state index < -0.39 is 17.2 Å². The van der Waals surface area contributed by atoms with Crippen molar-refractivity contribution in [2.45, 2.75) is 6.92 Å². The number of halogens is 1. The quantitative estimate of drug-likeness (QED) is 0.636. The minimum Gasteiger partial charge on any atom is -0.352 e. The zero-order valence-corrected chi connectivity index (χ0v) is 14.5. The summed E-state index contributed by atoms with van der Waals surface area (Å²) in [6, 6.07) is 8.94. The van der Waals surface area contributed by atoms with E-state index in [1.807, 2.05) is 0 Å². The SMILES string of the molecule is Cc1cc(=O)c(C(=O)NCCNc2ncccn2)nn1-c1ccccc1F. The van der Waals surface area contributed by atoms with Crippen LogP contribution in [-0.4, -0.2) is 38.7 Å². The van der Waals surface area contributed by atoms with Crippen molar-refractivity contribution in [3.8, 4) is 5.69 Å². The van der Waals surface area contributed by atoms with Crippen LogP contribution < -0.4 is 16.1 Å². The van der Waals surface area contributed by atoms with Crippen LogP contribution >= 0.6 is 0 Å². The van der Waals surface area contributed by atoms with Gasteiger partial charge in [0.1, 0.15) is 11.5 Å². The standard InChI is InChI=1S/C18H17FN6O2/c1-12-11-15(26)16(24-25(12)14-6-3-2-5-13(14)19)17(27)20-9-10-23-18-21-7-4-8-22-18/h2-8,11H,9-10H2,1H3,(H,20,27)(H,21,22,23). The van der Waals surface area contributed by atoms with E-state index in [9.17, 15) is 14.0 Å². The normalized spacial score (nSPS) is 10.4. The van der Waals surface area contributed by atoms with E-state index in [0.717, 1.165) is 0 Å². The number of anilines is 1. The second-order valence-corrected chi connectivity index (χ2v) is 5.62. The first kappa shape index (κ1) is 18.2. The number of rotatable bonds is 6. The fourth-order valence-corrected chi connectivity index (χ4v) is 2.40. The maximum Gasteiger partial charge on any atom is 0.275 e. The lowest BCUT2D eigenvalue weighted by Gasteiger charge is -2.12. The molecule has 0 aliphatic rings. The second kappa shape index (κ2) is 8.17. The molecule has 2 N–H and O–H groups in total. The number of hydrogen-bond acceptors (Lipinski definition) is 6. The average Bonchev–Trinajstić information content (AvgIpc) is 2.67. The molecule has 0 aliphatic heterocycles. The van der Waals surface area contributed by atoms with Crippen LogP contribution in [0.15, 0.2) is 53.6 Å². The lowest BCUT2D eigenvalue weighted by atomic mass is 10.2. The van der Waals surface area contributed by atoms with Gasteiger partial charge in [0.05, 0.1) is 0 Å². The van der Waals surface area contributed by atoms with Gasteiger partial charge in [-0.15, -0.1) is 0 Å². The molecule has 3 rings (SSSR count). The van der Waals surface area contributed by atoms with Crippen LogP contribution in [0.3, 0.4) is 0 Å². The molecule has 2 heterocycles. The van der Waals surface area contributed by atoms with Crippen molar-refractivity contribution in [2.75, 3.05) is 18.4 Å². The molecule has 0 aliphatic carbocycles. The van der Waals surface area contributed by atoms with Gasteiger partial charge in [-0.05, 0) is 25.1 Å². The number of benzene rings is 1. The molecule has 0 saturated heterocycles. The topological polar surface area (TPSA) is 102 Å². The first-order valence-electron chi connectivity index (χ1n) is 8.21. The van der Waals surface area contributed by atoms with E-state index in [-0.39, 0.29) is 17.9 Å². The molecule has 1 aromatic carbocycles. The van der Waals surface area contributed by atoms with E-state index in [1.165, 1.54) is 22.9 Å². The summed E-state index contributed by atoms with van der Waals surface area (Å²) in [6.45, 7) is 2.21.